The summed E-state index contributed by atoms with van der Waals surface area (Å²) in [6.07, 6.45) is 3.44. The van der Waals surface area contributed by atoms with Crippen molar-refractivity contribution >= 4 is 52.0 Å². The third kappa shape index (κ3) is 5.70. The quantitative estimate of drug-likeness (QED) is 0.435. The molecular weight excluding hydrogens is 496 g/mol. The number of benzene rings is 2. The minimum Gasteiger partial charge on any atom is -0.381 e. The third-order valence-electron chi connectivity index (χ3n) is 7.05. The van der Waals surface area contributed by atoms with E-state index in [1.807, 2.05) is 19.1 Å². The van der Waals surface area contributed by atoms with Gasteiger partial charge in [-0.2, -0.15) is 0 Å². The maximum absolute atomic E-state index is 13.0. The van der Waals surface area contributed by atoms with Gasteiger partial charge in [-0.05, 0) is 62.2 Å². The molecule has 3 aromatic rings. The van der Waals surface area contributed by atoms with Crippen molar-refractivity contribution in [3.63, 3.8) is 0 Å². The minimum absolute atomic E-state index is 0.0416. The van der Waals surface area contributed by atoms with Gasteiger partial charge in [0.2, 0.25) is 11.8 Å². The Morgan fingerprint density at radius 3 is 2.33 bits per heavy atom. The molecule has 2 aliphatic heterocycles. The monoisotopic (exact) mass is 528 g/mol. The van der Waals surface area contributed by atoms with E-state index in [1.165, 1.54) is 6.92 Å². The zero-order valence-electron chi connectivity index (χ0n) is 22.2. The van der Waals surface area contributed by atoms with Crippen LogP contribution in [0.2, 0.25) is 0 Å². The molecule has 5 rings (SSSR count). The number of ether oxygens (including phenoxy) is 1. The number of carbonyl (C=O) groups excluding carboxylic acids is 3. The average molecular weight is 529 g/mol. The molecule has 1 saturated heterocycles. The van der Waals surface area contributed by atoms with Crippen LogP contribution in [0.4, 0.5) is 34.3 Å². The molecule has 0 saturated carbocycles. The maximum atomic E-state index is 13.0. The van der Waals surface area contributed by atoms with Crippen LogP contribution in [0.15, 0.2) is 60.8 Å². The molecule has 1 fully saturated rings. The number of amides is 3. The van der Waals surface area contributed by atoms with Gasteiger partial charge < -0.3 is 30.5 Å². The predicted molar refractivity (Wildman–Crippen MR) is 152 cm³/mol. The lowest BCUT2D eigenvalue weighted by atomic mass is 10.00. The van der Waals surface area contributed by atoms with Gasteiger partial charge in [-0.3, -0.25) is 14.4 Å². The molecule has 10 heteroatoms. The number of aromatic nitrogens is 1. The van der Waals surface area contributed by atoms with Crippen molar-refractivity contribution in [3.8, 4) is 0 Å². The van der Waals surface area contributed by atoms with Crippen molar-refractivity contribution in [2.24, 2.45) is 0 Å². The molecule has 0 radical (unpaired) electrons. The zero-order chi connectivity index (χ0) is 27.5. The van der Waals surface area contributed by atoms with Crippen molar-refractivity contribution in [2.45, 2.75) is 38.8 Å². The van der Waals surface area contributed by atoms with Crippen LogP contribution in [0.3, 0.4) is 0 Å². The summed E-state index contributed by atoms with van der Waals surface area (Å²) in [5.41, 5.74) is 4.18. The smallest absolute Gasteiger partial charge is 0.255 e. The lowest BCUT2D eigenvalue weighted by Crippen LogP contribution is -2.55. The van der Waals surface area contributed by atoms with E-state index >= 15 is 0 Å². The summed E-state index contributed by atoms with van der Waals surface area (Å²) in [5, 5.41) is 8.90. The van der Waals surface area contributed by atoms with E-state index in [0.29, 0.717) is 41.7 Å². The molecule has 0 aliphatic carbocycles. The molecule has 1 aromatic heterocycles. The van der Waals surface area contributed by atoms with E-state index < -0.39 is 0 Å². The summed E-state index contributed by atoms with van der Waals surface area (Å²) < 4.78 is 5.56. The molecular formula is C29H32N6O4. The lowest BCUT2D eigenvalue weighted by Gasteiger charge is -2.45. The molecule has 0 spiro atoms. The van der Waals surface area contributed by atoms with E-state index in [0.717, 1.165) is 24.2 Å². The highest BCUT2D eigenvalue weighted by Crippen LogP contribution is 2.39. The van der Waals surface area contributed by atoms with Crippen molar-refractivity contribution in [3.05, 3.63) is 66.4 Å². The topological polar surface area (TPSA) is 116 Å². The first kappa shape index (κ1) is 26.2. The van der Waals surface area contributed by atoms with E-state index in [1.54, 1.807) is 60.6 Å². The molecule has 1 atom stereocenters. The number of carbonyl (C=O) groups is 3. The van der Waals surface area contributed by atoms with Crippen molar-refractivity contribution in [1.82, 2.24) is 4.98 Å². The summed E-state index contributed by atoms with van der Waals surface area (Å²) in [5.74, 6) is 0.242. The first-order chi connectivity index (χ1) is 18.8. The van der Waals surface area contributed by atoms with Gasteiger partial charge in [0, 0.05) is 61.9 Å². The highest BCUT2D eigenvalue weighted by Gasteiger charge is 2.38. The number of likely N-dealkylation sites (N-methyl/N-ethyl adjacent to an activating group) is 1. The standard InChI is InChI=1S/C29H32N6O4/c1-18-29(38)34(3)26-17-30-27(16-25(26)35(18)24-11-13-39-14-12-24)32-23-6-4-5-20(15-23)28(37)33-22-9-7-21(8-10-22)31-19(2)36/h4-10,15-18,24H,11-14H2,1-3H3,(H,30,32)(H,31,36)(H,33,37). The second-order valence-electron chi connectivity index (χ2n) is 9.80. The Kier molecular flexibility index (Phi) is 7.47. The van der Waals surface area contributed by atoms with Crippen molar-refractivity contribution in [1.29, 1.82) is 0 Å². The number of fused-ring (bicyclic) bond motifs is 1. The second kappa shape index (κ2) is 11.1. The van der Waals surface area contributed by atoms with Gasteiger partial charge in [-0.1, -0.05) is 6.07 Å². The molecule has 3 amide bonds. The Labute approximate surface area is 227 Å². The third-order valence-corrected chi connectivity index (χ3v) is 7.05. The number of nitrogens with one attached hydrogen (secondary N) is 3. The molecule has 3 heterocycles. The van der Waals surface area contributed by atoms with Gasteiger partial charge >= 0.3 is 0 Å². The number of rotatable bonds is 6. The fourth-order valence-electron chi connectivity index (χ4n) is 5.10. The Balaban J connectivity index is 1.34. The normalized spacial score (nSPS) is 17.4. The van der Waals surface area contributed by atoms with Crippen LogP contribution in [0.1, 0.15) is 37.0 Å². The number of nitrogens with zero attached hydrogens (tertiary/aromatic N) is 3. The molecule has 1 unspecified atom stereocenters. The van der Waals surface area contributed by atoms with Crippen LogP contribution in [0.25, 0.3) is 0 Å². The zero-order valence-corrected chi connectivity index (χ0v) is 22.2. The van der Waals surface area contributed by atoms with Crippen LogP contribution < -0.4 is 25.8 Å². The summed E-state index contributed by atoms with van der Waals surface area (Å²) in [6, 6.07) is 16.0. The highest BCUT2D eigenvalue weighted by atomic mass is 16.5. The van der Waals surface area contributed by atoms with E-state index in [2.05, 4.69) is 25.8 Å². The average Bonchev–Trinajstić information content (AvgIpc) is 2.93. The van der Waals surface area contributed by atoms with E-state index in [4.69, 9.17) is 4.74 Å². The Bertz CT molecular complexity index is 1390. The number of hydrogen-bond donors (Lipinski definition) is 3. The van der Waals surface area contributed by atoms with Crippen molar-refractivity contribution < 1.29 is 19.1 Å². The first-order valence-electron chi connectivity index (χ1n) is 13.0. The van der Waals surface area contributed by atoms with Gasteiger partial charge in [0.05, 0.1) is 17.6 Å². The second-order valence-corrected chi connectivity index (χ2v) is 9.80. The number of anilines is 6. The van der Waals surface area contributed by atoms with Crippen LogP contribution in [0, 0.1) is 0 Å². The fraction of sp³-hybridized carbons (Fsp3) is 0.310. The van der Waals surface area contributed by atoms with Gasteiger partial charge in [0.25, 0.3) is 5.91 Å². The number of pyridine rings is 1. The lowest BCUT2D eigenvalue weighted by molar-refractivity contribution is -0.119. The Hall–Kier alpha value is -4.44. The fourth-order valence-corrected chi connectivity index (χ4v) is 5.10. The first-order valence-corrected chi connectivity index (χ1v) is 13.0. The van der Waals surface area contributed by atoms with Crippen LogP contribution in [-0.2, 0) is 14.3 Å². The molecule has 202 valence electrons. The molecule has 2 aliphatic rings. The minimum atomic E-state index is -0.291. The van der Waals surface area contributed by atoms with Gasteiger partial charge in [0.15, 0.2) is 0 Å². The molecule has 10 nitrogen and oxygen atoms in total. The van der Waals surface area contributed by atoms with Crippen LogP contribution in [0.5, 0.6) is 0 Å². The SMILES string of the molecule is CC(=O)Nc1ccc(NC(=O)c2cccc(Nc3cc4c(cn3)N(C)C(=O)C(C)N4C3CCOCC3)c2)cc1. The molecule has 2 aromatic carbocycles. The molecule has 39 heavy (non-hydrogen) atoms. The summed E-state index contributed by atoms with van der Waals surface area (Å²) in [7, 11) is 1.78. The van der Waals surface area contributed by atoms with Gasteiger partial charge in [0.1, 0.15) is 11.9 Å². The summed E-state index contributed by atoms with van der Waals surface area (Å²) in [6.45, 7) is 4.74. The maximum Gasteiger partial charge on any atom is 0.255 e. The Morgan fingerprint density at radius 2 is 1.64 bits per heavy atom. The largest absolute Gasteiger partial charge is 0.381 e. The predicted octanol–water partition coefficient (Wildman–Crippen LogP) is 4.39. The van der Waals surface area contributed by atoms with Crippen molar-refractivity contribution in [2.75, 3.05) is 46.0 Å². The van der Waals surface area contributed by atoms with E-state index in [-0.39, 0.29) is 29.8 Å². The Morgan fingerprint density at radius 1 is 0.949 bits per heavy atom. The molecule has 0 bridgehead atoms. The van der Waals surface area contributed by atoms with Crippen LogP contribution >= 0.6 is 0 Å². The number of hydrogen-bond acceptors (Lipinski definition) is 7. The van der Waals surface area contributed by atoms with Crippen LogP contribution in [-0.4, -0.2) is 55.1 Å². The summed E-state index contributed by atoms with van der Waals surface area (Å²) >= 11 is 0. The van der Waals surface area contributed by atoms with Gasteiger partial charge in [-0.25, -0.2) is 4.98 Å². The van der Waals surface area contributed by atoms with Gasteiger partial charge in [-0.15, -0.1) is 0 Å². The highest BCUT2D eigenvalue weighted by molar-refractivity contribution is 6.06. The summed E-state index contributed by atoms with van der Waals surface area (Å²) in [4.78, 5) is 45.5. The molecule has 3 N–H and O–H groups in total. The van der Waals surface area contributed by atoms with E-state index in [9.17, 15) is 14.4 Å².